The van der Waals surface area contributed by atoms with E-state index >= 15 is 0 Å². The molecule has 1 saturated heterocycles. The highest BCUT2D eigenvalue weighted by Crippen LogP contribution is 2.37. The lowest BCUT2D eigenvalue weighted by Crippen LogP contribution is -2.47. The standard InChI is InChI=1S/C13H20N2O5S2/c1-19-10-7-11(12(16)20-2)21-13(10)22(17,18)15-6-4-3-5-9(15)8-14/h7,9H,3-6,8,14H2,1-2H3. The minimum absolute atomic E-state index is 0.0238. The molecule has 1 unspecified atom stereocenters. The van der Waals surface area contributed by atoms with Gasteiger partial charge in [0.25, 0.3) is 10.0 Å². The monoisotopic (exact) mass is 348 g/mol. The quantitative estimate of drug-likeness (QED) is 0.799. The van der Waals surface area contributed by atoms with Gasteiger partial charge in [-0.2, -0.15) is 4.31 Å². The molecule has 0 spiro atoms. The molecule has 22 heavy (non-hydrogen) atoms. The Balaban J connectivity index is 2.44. The van der Waals surface area contributed by atoms with Crippen molar-refractivity contribution in [3.05, 3.63) is 10.9 Å². The van der Waals surface area contributed by atoms with Gasteiger partial charge in [-0.1, -0.05) is 6.42 Å². The second-order valence-electron chi connectivity index (χ2n) is 4.96. The number of hydrogen-bond donors (Lipinski definition) is 1. The highest BCUT2D eigenvalue weighted by Gasteiger charge is 2.36. The molecule has 2 N–H and O–H groups in total. The van der Waals surface area contributed by atoms with Crippen LogP contribution >= 0.6 is 11.3 Å². The Kier molecular flexibility index (Phi) is 5.43. The van der Waals surface area contributed by atoms with E-state index in [1.807, 2.05) is 0 Å². The highest BCUT2D eigenvalue weighted by molar-refractivity contribution is 7.91. The Morgan fingerprint density at radius 2 is 2.18 bits per heavy atom. The molecule has 0 amide bonds. The second kappa shape index (κ2) is 6.95. The van der Waals surface area contributed by atoms with Gasteiger partial charge in [0.15, 0.2) is 9.96 Å². The van der Waals surface area contributed by atoms with E-state index in [0.717, 1.165) is 30.6 Å². The minimum atomic E-state index is -3.75. The molecule has 1 atom stereocenters. The fourth-order valence-corrected chi connectivity index (χ4v) is 5.83. The third kappa shape index (κ3) is 3.12. The number of carbonyl (C=O) groups is 1. The zero-order chi connectivity index (χ0) is 16.3. The van der Waals surface area contributed by atoms with Gasteiger partial charge in [0.05, 0.1) is 14.2 Å². The van der Waals surface area contributed by atoms with Gasteiger partial charge in [0.1, 0.15) is 4.88 Å². The summed E-state index contributed by atoms with van der Waals surface area (Å²) in [5.41, 5.74) is 5.71. The van der Waals surface area contributed by atoms with Crippen molar-refractivity contribution in [1.82, 2.24) is 4.31 Å². The maximum atomic E-state index is 12.9. The molecule has 1 aliphatic heterocycles. The van der Waals surface area contributed by atoms with Crippen LogP contribution in [0.25, 0.3) is 0 Å². The number of hydrogen-bond acceptors (Lipinski definition) is 7. The summed E-state index contributed by atoms with van der Waals surface area (Å²) in [4.78, 5) is 11.8. The summed E-state index contributed by atoms with van der Waals surface area (Å²) >= 11 is 0.860. The predicted octanol–water partition coefficient (Wildman–Crippen LogP) is 1.05. The third-order valence-corrected chi connectivity index (χ3v) is 7.20. The van der Waals surface area contributed by atoms with Crippen molar-refractivity contribution < 1.29 is 22.7 Å². The number of sulfonamides is 1. The van der Waals surface area contributed by atoms with E-state index in [-0.39, 0.29) is 27.4 Å². The van der Waals surface area contributed by atoms with Gasteiger partial charge in [-0.15, -0.1) is 11.3 Å². The summed E-state index contributed by atoms with van der Waals surface area (Å²) in [6.45, 7) is 0.704. The molecular formula is C13H20N2O5S2. The van der Waals surface area contributed by atoms with Crippen molar-refractivity contribution >= 4 is 27.3 Å². The van der Waals surface area contributed by atoms with E-state index < -0.39 is 16.0 Å². The van der Waals surface area contributed by atoms with Crippen molar-refractivity contribution in [1.29, 1.82) is 0 Å². The summed E-state index contributed by atoms with van der Waals surface area (Å²) in [7, 11) is -1.13. The number of carbonyl (C=O) groups excluding carboxylic acids is 1. The summed E-state index contributed by atoms with van der Waals surface area (Å²) < 4.78 is 37.0. The molecule has 0 bridgehead atoms. The highest BCUT2D eigenvalue weighted by atomic mass is 32.2. The number of ether oxygens (including phenoxy) is 2. The predicted molar refractivity (Wildman–Crippen MR) is 82.8 cm³/mol. The molecular weight excluding hydrogens is 328 g/mol. The zero-order valence-electron chi connectivity index (χ0n) is 12.6. The van der Waals surface area contributed by atoms with E-state index in [1.54, 1.807) is 0 Å². The number of nitrogens with zero attached hydrogens (tertiary/aromatic N) is 1. The number of thiophene rings is 1. The third-order valence-electron chi connectivity index (χ3n) is 3.66. The van der Waals surface area contributed by atoms with Crippen LogP contribution in [0.4, 0.5) is 0 Å². The first-order valence-electron chi connectivity index (χ1n) is 6.93. The van der Waals surface area contributed by atoms with Crippen LogP contribution in [0.3, 0.4) is 0 Å². The van der Waals surface area contributed by atoms with Crippen LogP contribution in [0.2, 0.25) is 0 Å². The normalized spacial score (nSPS) is 19.9. The second-order valence-corrected chi connectivity index (χ2v) is 8.10. The number of nitrogens with two attached hydrogens (primary N) is 1. The SMILES string of the molecule is COC(=O)c1cc(OC)c(S(=O)(=O)N2CCCCC2CN)s1. The Bertz CT molecular complexity index is 641. The Labute approximate surface area is 134 Å². The van der Waals surface area contributed by atoms with Crippen LogP contribution in [0.1, 0.15) is 28.9 Å². The maximum Gasteiger partial charge on any atom is 0.348 e. The Morgan fingerprint density at radius 3 is 2.77 bits per heavy atom. The van der Waals surface area contributed by atoms with Crippen LogP contribution < -0.4 is 10.5 Å². The first-order chi connectivity index (χ1) is 10.5. The first kappa shape index (κ1) is 17.2. The lowest BCUT2D eigenvalue weighted by molar-refractivity contribution is 0.0606. The van der Waals surface area contributed by atoms with Gasteiger partial charge in [-0.3, -0.25) is 0 Å². The molecule has 7 nitrogen and oxygen atoms in total. The lowest BCUT2D eigenvalue weighted by atomic mass is 10.1. The number of rotatable bonds is 5. The fraction of sp³-hybridized carbons (Fsp3) is 0.615. The molecule has 1 aromatic heterocycles. The van der Waals surface area contributed by atoms with Crippen LogP contribution in [-0.2, 0) is 14.8 Å². The van der Waals surface area contributed by atoms with Crippen molar-refractivity contribution in [3.63, 3.8) is 0 Å². The van der Waals surface area contributed by atoms with Crippen LogP contribution in [0.15, 0.2) is 10.3 Å². The van der Waals surface area contributed by atoms with Crippen LogP contribution in [-0.4, -0.2) is 52.0 Å². The largest absolute Gasteiger partial charge is 0.494 e. The summed E-state index contributed by atoms with van der Waals surface area (Å²) in [6.07, 6.45) is 2.50. The van der Waals surface area contributed by atoms with Gasteiger partial charge < -0.3 is 15.2 Å². The van der Waals surface area contributed by atoms with E-state index in [9.17, 15) is 13.2 Å². The van der Waals surface area contributed by atoms with Crippen molar-refractivity contribution in [2.75, 3.05) is 27.3 Å². The van der Waals surface area contributed by atoms with E-state index in [2.05, 4.69) is 4.74 Å². The van der Waals surface area contributed by atoms with Gasteiger partial charge in [0.2, 0.25) is 0 Å². The summed E-state index contributed by atoms with van der Waals surface area (Å²) in [5.74, 6) is -0.425. The summed E-state index contributed by atoms with van der Waals surface area (Å²) in [5, 5.41) is 0. The fourth-order valence-electron chi connectivity index (χ4n) is 2.51. The molecule has 0 aliphatic carbocycles. The molecule has 9 heteroatoms. The zero-order valence-corrected chi connectivity index (χ0v) is 14.2. The van der Waals surface area contributed by atoms with E-state index in [4.69, 9.17) is 10.5 Å². The number of methoxy groups -OCH3 is 2. The van der Waals surface area contributed by atoms with Crippen molar-refractivity contribution in [2.45, 2.75) is 29.5 Å². The van der Waals surface area contributed by atoms with Crippen molar-refractivity contribution in [3.8, 4) is 5.75 Å². The minimum Gasteiger partial charge on any atom is -0.494 e. The van der Waals surface area contributed by atoms with Gasteiger partial charge in [-0.25, -0.2) is 13.2 Å². The topological polar surface area (TPSA) is 98.9 Å². The molecule has 1 fully saturated rings. The van der Waals surface area contributed by atoms with E-state index in [1.165, 1.54) is 24.6 Å². The molecule has 0 aromatic carbocycles. The molecule has 0 radical (unpaired) electrons. The average molecular weight is 348 g/mol. The van der Waals surface area contributed by atoms with Crippen LogP contribution in [0.5, 0.6) is 5.75 Å². The molecule has 1 aliphatic rings. The molecule has 1 aromatic rings. The Hall–Kier alpha value is -1.16. The Morgan fingerprint density at radius 1 is 1.45 bits per heavy atom. The smallest absolute Gasteiger partial charge is 0.348 e. The van der Waals surface area contributed by atoms with Gasteiger partial charge in [0, 0.05) is 25.2 Å². The van der Waals surface area contributed by atoms with E-state index in [0.29, 0.717) is 6.54 Å². The average Bonchev–Trinajstić information content (AvgIpc) is 2.99. The molecule has 2 rings (SSSR count). The maximum absolute atomic E-state index is 12.9. The molecule has 0 saturated carbocycles. The van der Waals surface area contributed by atoms with Crippen LogP contribution in [0, 0.1) is 0 Å². The molecule has 124 valence electrons. The molecule has 2 heterocycles. The summed E-state index contributed by atoms with van der Waals surface area (Å²) in [6, 6.07) is 1.18. The van der Waals surface area contributed by atoms with Gasteiger partial charge >= 0.3 is 5.97 Å². The lowest BCUT2D eigenvalue weighted by Gasteiger charge is -2.33. The van der Waals surface area contributed by atoms with Crippen molar-refractivity contribution in [2.24, 2.45) is 5.73 Å². The van der Waals surface area contributed by atoms with Gasteiger partial charge in [-0.05, 0) is 12.8 Å². The number of esters is 1. The number of piperidine rings is 1. The first-order valence-corrected chi connectivity index (χ1v) is 9.19.